The summed E-state index contributed by atoms with van der Waals surface area (Å²) < 4.78 is 28.3. The summed E-state index contributed by atoms with van der Waals surface area (Å²) in [6.07, 6.45) is 5.63. The van der Waals surface area contributed by atoms with E-state index in [9.17, 15) is 13.2 Å². The Labute approximate surface area is 132 Å². The second kappa shape index (κ2) is 7.18. The average molecular weight is 340 g/mol. The molecule has 0 heterocycles. The van der Waals surface area contributed by atoms with Crippen LogP contribution >= 0.6 is 10.7 Å². The molecule has 1 rings (SSSR count). The van der Waals surface area contributed by atoms with E-state index in [4.69, 9.17) is 15.4 Å². The van der Waals surface area contributed by atoms with Crippen LogP contribution in [0.5, 0.6) is 0 Å². The first kappa shape index (κ1) is 18.6. The Morgan fingerprint density at radius 2 is 1.62 bits per heavy atom. The van der Waals surface area contributed by atoms with Crippen molar-refractivity contribution in [2.24, 2.45) is 0 Å². The van der Waals surface area contributed by atoms with E-state index in [0.29, 0.717) is 12.8 Å². The van der Waals surface area contributed by atoms with E-state index in [1.165, 1.54) is 0 Å². The maximum atomic E-state index is 12.0. The van der Waals surface area contributed by atoms with E-state index < -0.39 is 26.3 Å². The van der Waals surface area contributed by atoms with Gasteiger partial charge in [-0.25, -0.2) is 13.2 Å². The number of alkyl carbamates (subject to hydrolysis) is 1. The number of ether oxygens (including phenoxy) is 1. The van der Waals surface area contributed by atoms with Crippen molar-refractivity contribution >= 4 is 25.8 Å². The van der Waals surface area contributed by atoms with Crippen molar-refractivity contribution in [2.45, 2.75) is 76.9 Å². The average Bonchev–Trinajstić information content (AvgIpc) is 2.18. The van der Waals surface area contributed by atoms with Gasteiger partial charge in [0, 0.05) is 10.7 Å². The molecule has 0 aromatic heterocycles. The van der Waals surface area contributed by atoms with E-state index in [1.807, 2.05) is 0 Å². The standard InChI is InChI=1S/C14H26ClNO4S/c1-13(2,3)20-12(17)16-14(11-21(15,18)19)9-7-5-4-6-8-10-14/h4-11H2,1-3H3,(H,16,17). The number of carbonyl (C=O) groups excluding carboxylic acids is 1. The fourth-order valence-corrected chi connectivity index (χ4v) is 4.39. The molecular formula is C14H26ClNO4S. The summed E-state index contributed by atoms with van der Waals surface area (Å²) in [5.41, 5.74) is -1.43. The number of hydrogen-bond donors (Lipinski definition) is 1. The fourth-order valence-electron chi connectivity index (χ4n) is 2.74. The fraction of sp³-hybridized carbons (Fsp3) is 0.929. The van der Waals surface area contributed by atoms with Crippen LogP contribution in [0.2, 0.25) is 0 Å². The van der Waals surface area contributed by atoms with Crippen LogP contribution in [0.3, 0.4) is 0 Å². The number of amides is 1. The van der Waals surface area contributed by atoms with Crippen molar-refractivity contribution < 1.29 is 17.9 Å². The van der Waals surface area contributed by atoms with Gasteiger partial charge in [-0.05, 0) is 33.6 Å². The zero-order valence-electron chi connectivity index (χ0n) is 13.1. The third kappa shape index (κ3) is 7.90. The molecule has 1 aliphatic rings. The number of halogens is 1. The Hall–Kier alpha value is -0.490. The van der Waals surface area contributed by atoms with Gasteiger partial charge in [0.1, 0.15) is 5.60 Å². The Morgan fingerprint density at radius 3 is 2.05 bits per heavy atom. The summed E-state index contributed by atoms with van der Waals surface area (Å²) in [4.78, 5) is 12.0. The van der Waals surface area contributed by atoms with E-state index in [2.05, 4.69) is 5.32 Å². The minimum atomic E-state index is -3.70. The second-order valence-corrected chi connectivity index (χ2v) is 9.64. The lowest BCUT2D eigenvalue weighted by Crippen LogP contribution is -2.54. The molecule has 0 atom stereocenters. The van der Waals surface area contributed by atoms with Crippen molar-refractivity contribution in [1.82, 2.24) is 5.32 Å². The quantitative estimate of drug-likeness (QED) is 0.798. The molecule has 0 aromatic carbocycles. The van der Waals surface area contributed by atoms with Crippen LogP contribution in [-0.4, -0.2) is 31.4 Å². The van der Waals surface area contributed by atoms with Crippen molar-refractivity contribution in [3.05, 3.63) is 0 Å². The molecular weight excluding hydrogens is 314 g/mol. The third-order valence-corrected chi connectivity index (χ3v) is 4.75. The lowest BCUT2D eigenvalue weighted by molar-refractivity contribution is 0.0449. The maximum Gasteiger partial charge on any atom is 0.408 e. The number of hydrogen-bond acceptors (Lipinski definition) is 4. The zero-order valence-corrected chi connectivity index (χ0v) is 14.6. The van der Waals surface area contributed by atoms with Gasteiger partial charge in [0.2, 0.25) is 9.05 Å². The summed E-state index contributed by atoms with van der Waals surface area (Å²) in [5.74, 6) is -0.249. The predicted octanol–water partition coefficient (Wildman–Crippen LogP) is 3.56. The van der Waals surface area contributed by atoms with Crippen LogP contribution in [0.4, 0.5) is 4.79 Å². The van der Waals surface area contributed by atoms with Crippen LogP contribution in [-0.2, 0) is 13.8 Å². The highest BCUT2D eigenvalue weighted by Gasteiger charge is 2.37. The molecule has 1 saturated carbocycles. The number of nitrogens with one attached hydrogen (secondary N) is 1. The number of rotatable bonds is 3. The van der Waals surface area contributed by atoms with E-state index in [-0.39, 0.29) is 5.75 Å². The Bertz CT molecular complexity index is 448. The van der Waals surface area contributed by atoms with Gasteiger partial charge in [0.15, 0.2) is 0 Å². The van der Waals surface area contributed by atoms with Crippen molar-refractivity contribution in [3.8, 4) is 0 Å². The van der Waals surface area contributed by atoms with Crippen LogP contribution in [0, 0.1) is 0 Å². The normalized spacial score (nSPS) is 20.2. The molecule has 124 valence electrons. The van der Waals surface area contributed by atoms with E-state index >= 15 is 0 Å². The Balaban J connectivity index is 2.87. The first-order chi connectivity index (χ1) is 9.52. The molecule has 0 unspecified atom stereocenters. The summed E-state index contributed by atoms with van der Waals surface area (Å²) in [7, 11) is 1.75. The van der Waals surface area contributed by atoms with Gasteiger partial charge < -0.3 is 10.1 Å². The monoisotopic (exact) mass is 339 g/mol. The SMILES string of the molecule is CC(C)(C)OC(=O)NC1(CS(=O)(=O)Cl)CCCCCCC1. The summed E-state index contributed by atoms with van der Waals surface area (Å²) in [6.45, 7) is 5.32. The topological polar surface area (TPSA) is 72.5 Å². The van der Waals surface area contributed by atoms with Crippen LogP contribution < -0.4 is 5.32 Å². The molecule has 1 fully saturated rings. The lowest BCUT2D eigenvalue weighted by Gasteiger charge is -2.36. The second-order valence-electron chi connectivity index (χ2n) is 6.86. The highest BCUT2D eigenvalue weighted by molar-refractivity contribution is 8.13. The highest BCUT2D eigenvalue weighted by Crippen LogP contribution is 2.29. The van der Waals surface area contributed by atoms with Crippen molar-refractivity contribution in [1.29, 1.82) is 0 Å². The van der Waals surface area contributed by atoms with Crippen LogP contribution in [0.1, 0.15) is 65.7 Å². The van der Waals surface area contributed by atoms with Gasteiger partial charge in [-0.15, -0.1) is 0 Å². The number of carbonyl (C=O) groups is 1. The smallest absolute Gasteiger partial charge is 0.408 e. The van der Waals surface area contributed by atoms with Gasteiger partial charge in [-0.1, -0.05) is 32.1 Å². The molecule has 0 spiro atoms. The predicted molar refractivity (Wildman–Crippen MR) is 84.1 cm³/mol. The van der Waals surface area contributed by atoms with Crippen molar-refractivity contribution in [3.63, 3.8) is 0 Å². The molecule has 0 radical (unpaired) electrons. The highest BCUT2D eigenvalue weighted by atomic mass is 35.7. The first-order valence-electron chi connectivity index (χ1n) is 7.45. The molecule has 1 amide bonds. The van der Waals surface area contributed by atoms with Crippen molar-refractivity contribution in [2.75, 3.05) is 5.75 Å². The molecule has 0 aliphatic heterocycles. The molecule has 5 nitrogen and oxygen atoms in total. The van der Waals surface area contributed by atoms with Gasteiger partial charge in [-0.3, -0.25) is 0 Å². The third-order valence-electron chi connectivity index (χ3n) is 3.53. The molecule has 0 bridgehead atoms. The molecule has 7 heteroatoms. The molecule has 21 heavy (non-hydrogen) atoms. The molecule has 0 saturated heterocycles. The maximum absolute atomic E-state index is 12.0. The molecule has 1 aliphatic carbocycles. The van der Waals surface area contributed by atoms with E-state index in [1.54, 1.807) is 20.8 Å². The van der Waals surface area contributed by atoms with Crippen LogP contribution in [0.15, 0.2) is 0 Å². The Kier molecular flexibility index (Phi) is 6.35. The molecule has 1 N–H and O–H groups in total. The molecule has 0 aromatic rings. The van der Waals surface area contributed by atoms with Gasteiger partial charge in [0.25, 0.3) is 0 Å². The summed E-state index contributed by atoms with van der Waals surface area (Å²) in [6, 6.07) is 0. The zero-order chi connectivity index (χ0) is 16.1. The van der Waals surface area contributed by atoms with E-state index in [0.717, 1.165) is 32.1 Å². The minimum absolute atomic E-state index is 0.249. The van der Waals surface area contributed by atoms with Crippen LogP contribution in [0.25, 0.3) is 0 Å². The van der Waals surface area contributed by atoms with Gasteiger partial charge in [0.05, 0.1) is 11.3 Å². The van der Waals surface area contributed by atoms with Gasteiger partial charge >= 0.3 is 6.09 Å². The largest absolute Gasteiger partial charge is 0.444 e. The summed E-state index contributed by atoms with van der Waals surface area (Å²) >= 11 is 0. The minimum Gasteiger partial charge on any atom is -0.444 e. The Morgan fingerprint density at radius 1 is 1.14 bits per heavy atom. The first-order valence-corrected chi connectivity index (χ1v) is 9.93. The lowest BCUT2D eigenvalue weighted by atomic mass is 9.85. The summed E-state index contributed by atoms with van der Waals surface area (Å²) in [5, 5.41) is 2.79. The van der Waals surface area contributed by atoms with Gasteiger partial charge in [-0.2, -0.15) is 0 Å².